The molecule has 3 nitrogen and oxygen atoms in total. The highest BCUT2D eigenvalue weighted by Crippen LogP contribution is 2.14. The molecule has 0 saturated heterocycles. The first-order chi connectivity index (χ1) is 8.58. The van der Waals surface area contributed by atoms with E-state index in [-0.39, 0.29) is 11.9 Å². The summed E-state index contributed by atoms with van der Waals surface area (Å²) in [5.74, 6) is 0.675. The number of nitrogens with one attached hydrogen (secondary N) is 1. The van der Waals surface area contributed by atoms with Gasteiger partial charge in [-0.15, -0.1) is 0 Å². The van der Waals surface area contributed by atoms with Crippen LogP contribution in [0.5, 0.6) is 0 Å². The molecular formula is C15H17NO2. The van der Waals surface area contributed by atoms with Crippen LogP contribution in [0.2, 0.25) is 0 Å². The van der Waals surface area contributed by atoms with Crippen molar-refractivity contribution >= 4 is 5.91 Å². The fraction of sp³-hybridized carbons (Fsp3) is 0.267. The average molecular weight is 243 g/mol. The molecule has 1 amide bonds. The van der Waals surface area contributed by atoms with Gasteiger partial charge in [-0.2, -0.15) is 0 Å². The van der Waals surface area contributed by atoms with Gasteiger partial charge >= 0.3 is 0 Å². The fourth-order valence-corrected chi connectivity index (χ4v) is 1.77. The third kappa shape index (κ3) is 2.62. The van der Waals surface area contributed by atoms with E-state index in [0.29, 0.717) is 5.56 Å². The number of benzene rings is 1. The number of carbonyl (C=O) groups excluding carboxylic acids is 1. The van der Waals surface area contributed by atoms with Crippen molar-refractivity contribution in [1.82, 2.24) is 5.32 Å². The minimum Gasteiger partial charge on any atom is -0.467 e. The van der Waals surface area contributed by atoms with E-state index in [0.717, 1.165) is 11.3 Å². The van der Waals surface area contributed by atoms with Crippen LogP contribution in [0.3, 0.4) is 0 Å². The van der Waals surface area contributed by atoms with Crippen LogP contribution in [-0.2, 0) is 0 Å². The highest BCUT2D eigenvalue weighted by atomic mass is 16.3. The number of aryl methyl sites for hydroxylation is 2. The number of hydrogen-bond acceptors (Lipinski definition) is 2. The number of rotatable bonds is 3. The Balaban J connectivity index is 2.10. The highest BCUT2D eigenvalue weighted by Gasteiger charge is 2.13. The van der Waals surface area contributed by atoms with E-state index in [4.69, 9.17) is 4.42 Å². The maximum atomic E-state index is 12.1. The first-order valence-corrected chi connectivity index (χ1v) is 5.99. The molecule has 0 fully saturated rings. The van der Waals surface area contributed by atoms with Gasteiger partial charge in [0.05, 0.1) is 12.3 Å². The van der Waals surface area contributed by atoms with Crippen LogP contribution >= 0.6 is 0 Å². The second-order valence-electron chi connectivity index (χ2n) is 4.51. The van der Waals surface area contributed by atoms with Gasteiger partial charge in [0.15, 0.2) is 0 Å². The van der Waals surface area contributed by atoms with Crippen molar-refractivity contribution in [2.75, 3.05) is 0 Å². The van der Waals surface area contributed by atoms with E-state index < -0.39 is 0 Å². The average Bonchev–Trinajstić information content (AvgIpc) is 2.86. The maximum Gasteiger partial charge on any atom is 0.251 e. The summed E-state index contributed by atoms with van der Waals surface area (Å²) in [5.41, 5.74) is 2.98. The molecule has 1 aromatic carbocycles. The highest BCUT2D eigenvalue weighted by molar-refractivity contribution is 5.94. The third-order valence-corrected chi connectivity index (χ3v) is 3.09. The number of carbonyl (C=O) groups is 1. The predicted octanol–water partition coefficient (Wildman–Crippen LogP) is 3.39. The van der Waals surface area contributed by atoms with Crippen LogP contribution in [-0.4, -0.2) is 5.91 Å². The largest absolute Gasteiger partial charge is 0.467 e. The quantitative estimate of drug-likeness (QED) is 0.897. The van der Waals surface area contributed by atoms with Crippen molar-refractivity contribution in [1.29, 1.82) is 0 Å². The van der Waals surface area contributed by atoms with Gasteiger partial charge in [0, 0.05) is 5.56 Å². The maximum absolute atomic E-state index is 12.1. The summed E-state index contributed by atoms with van der Waals surface area (Å²) >= 11 is 0. The van der Waals surface area contributed by atoms with E-state index in [9.17, 15) is 4.79 Å². The van der Waals surface area contributed by atoms with Crippen LogP contribution < -0.4 is 5.32 Å². The Kier molecular flexibility index (Phi) is 3.51. The van der Waals surface area contributed by atoms with Gasteiger partial charge in [0.1, 0.15) is 5.76 Å². The van der Waals surface area contributed by atoms with E-state index in [2.05, 4.69) is 5.32 Å². The second kappa shape index (κ2) is 5.08. The van der Waals surface area contributed by atoms with E-state index in [1.54, 1.807) is 6.26 Å². The van der Waals surface area contributed by atoms with Gasteiger partial charge in [-0.1, -0.05) is 6.07 Å². The number of furan rings is 1. The molecule has 0 spiro atoms. The number of amides is 1. The lowest BCUT2D eigenvalue weighted by molar-refractivity contribution is 0.0935. The molecule has 1 unspecified atom stereocenters. The minimum atomic E-state index is -0.130. The van der Waals surface area contributed by atoms with E-state index >= 15 is 0 Å². The standard InChI is InChI=1S/C15H17NO2/c1-10-6-7-13(9-11(10)2)15(17)16-12(3)14-5-4-8-18-14/h4-9,12H,1-3H3,(H,16,17). The fourth-order valence-electron chi connectivity index (χ4n) is 1.77. The summed E-state index contributed by atoms with van der Waals surface area (Å²) in [6.45, 7) is 5.93. The Morgan fingerprint density at radius 1 is 1.22 bits per heavy atom. The smallest absolute Gasteiger partial charge is 0.251 e. The lowest BCUT2D eigenvalue weighted by atomic mass is 10.1. The molecule has 18 heavy (non-hydrogen) atoms. The molecule has 0 saturated carbocycles. The number of hydrogen-bond donors (Lipinski definition) is 1. The molecule has 3 heteroatoms. The van der Waals surface area contributed by atoms with Gasteiger partial charge in [0.25, 0.3) is 5.91 Å². The zero-order valence-electron chi connectivity index (χ0n) is 10.9. The summed E-state index contributed by atoms with van der Waals surface area (Å²) in [4.78, 5) is 12.1. The predicted molar refractivity (Wildman–Crippen MR) is 70.5 cm³/mol. The van der Waals surface area contributed by atoms with Crippen LogP contribution in [0.4, 0.5) is 0 Å². The van der Waals surface area contributed by atoms with Crippen molar-refractivity contribution in [3.05, 3.63) is 59.0 Å². The summed E-state index contributed by atoms with van der Waals surface area (Å²) in [7, 11) is 0. The first-order valence-electron chi connectivity index (χ1n) is 5.99. The third-order valence-electron chi connectivity index (χ3n) is 3.09. The Morgan fingerprint density at radius 3 is 2.61 bits per heavy atom. The zero-order chi connectivity index (χ0) is 13.1. The van der Waals surface area contributed by atoms with Gasteiger partial charge in [-0.25, -0.2) is 0 Å². The normalized spacial score (nSPS) is 12.2. The lowest BCUT2D eigenvalue weighted by Gasteiger charge is -2.12. The zero-order valence-corrected chi connectivity index (χ0v) is 10.9. The topological polar surface area (TPSA) is 42.2 Å². The Labute approximate surface area is 107 Å². The molecule has 2 aromatic rings. The Morgan fingerprint density at radius 2 is 2.00 bits per heavy atom. The van der Waals surface area contributed by atoms with Crippen molar-refractivity contribution in [2.45, 2.75) is 26.8 Å². The van der Waals surface area contributed by atoms with E-state index in [1.807, 2.05) is 51.1 Å². The van der Waals surface area contributed by atoms with Gasteiger partial charge < -0.3 is 9.73 Å². The summed E-state index contributed by atoms with van der Waals surface area (Å²) in [5, 5.41) is 2.91. The monoisotopic (exact) mass is 243 g/mol. The lowest BCUT2D eigenvalue weighted by Crippen LogP contribution is -2.26. The van der Waals surface area contributed by atoms with Crippen molar-refractivity contribution in [3.63, 3.8) is 0 Å². The molecule has 2 rings (SSSR count). The Hall–Kier alpha value is -2.03. The summed E-state index contributed by atoms with van der Waals surface area (Å²) in [6, 6.07) is 9.24. The molecule has 1 heterocycles. The van der Waals surface area contributed by atoms with E-state index in [1.165, 1.54) is 5.56 Å². The molecule has 0 aliphatic carbocycles. The Bertz CT molecular complexity index is 544. The summed E-state index contributed by atoms with van der Waals surface area (Å²) in [6.07, 6.45) is 1.61. The molecule has 1 aromatic heterocycles. The second-order valence-corrected chi connectivity index (χ2v) is 4.51. The van der Waals surface area contributed by atoms with Crippen molar-refractivity contribution in [2.24, 2.45) is 0 Å². The minimum absolute atomic E-state index is 0.0815. The van der Waals surface area contributed by atoms with Gasteiger partial charge in [-0.3, -0.25) is 4.79 Å². The van der Waals surface area contributed by atoms with Crippen LogP contribution in [0.25, 0.3) is 0 Å². The molecule has 0 aliphatic rings. The molecule has 1 atom stereocenters. The van der Waals surface area contributed by atoms with Gasteiger partial charge in [-0.05, 0) is 56.2 Å². The summed E-state index contributed by atoms with van der Waals surface area (Å²) < 4.78 is 5.26. The SMILES string of the molecule is Cc1ccc(C(=O)NC(C)c2ccco2)cc1C. The molecule has 0 aliphatic heterocycles. The van der Waals surface area contributed by atoms with Crippen LogP contribution in [0, 0.1) is 13.8 Å². The molecule has 0 radical (unpaired) electrons. The van der Waals surface area contributed by atoms with Crippen molar-refractivity contribution < 1.29 is 9.21 Å². The van der Waals surface area contributed by atoms with Crippen LogP contribution in [0.1, 0.15) is 40.2 Å². The molecule has 0 bridgehead atoms. The molecule has 1 N–H and O–H groups in total. The van der Waals surface area contributed by atoms with Crippen molar-refractivity contribution in [3.8, 4) is 0 Å². The molecule has 94 valence electrons. The van der Waals surface area contributed by atoms with Crippen LogP contribution in [0.15, 0.2) is 41.0 Å². The van der Waals surface area contributed by atoms with Gasteiger partial charge in [0.2, 0.25) is 0 Å². The molecular weight excluding hydrogens is 226 g/mol. The first kappa shape index (κ1) is 12.4.